The minimum atomic E-state index is -0.249. The molecule has 0 unspecified atom stereocenters. The van der Waals surface area contributed by atoms with E-state index in [1.807, 2.05) is 43.0 Å². The summed E-state index contributed by atoms with van der Waals surface area (Å²) in [5.41, 5.74) is 0.886. The normalized spacial score (nSPS) is 10.6. The third kappa shape index (κ3) is 2.87. The van der Waals surface area contributed by atoms with Crippen LogP contribution in [0.25, 0.3) is 10.8 Å². The molecule has 0 radical (unpaired) electrons. The van der Waals surface area contributed by atoms with E-state index in [0.717, 1.165) is 22.3 Å². The van der Waals surface area contributed by atoms with Crippen LogP contribution < -0.4 is 4.90 Å². The van der Waals surface area contributed by atoms with Gasteiger partial charge in [0.15, 0.2) is 5.82 Å². The Labute approximate surface area is 118 Å². The van der Waals surface area contributed by atoms with Gasteiger partial charge in [-0.25, -0.2) is 0 Å². The molecule has 5 nitrogen and oxygen atoms in total. The number of likely N-dealkylation sites (N-methyl/N-ethyl adjacent to an activating group) is 1. The number of nitrogens with zero attached hydrogens (tertiary/aromatic N) is 3. The summed E-state index contributed by atoms with van der Waals surface area (Å²) in [7, 11) is 0. The molecule has 0 bridgehead atoms. The van der Waals surface area contributed by atoms with Crippen LogP contribution in [0.1, 0.15) is 19.5 Å². The van der Waals surface area contributed by atoms with Crippen LogP contribution in [0.5, 0.6) is 0 Å². The van der Waals surface area contributed by atoms with Crippen molar-refractivity contribution >= 4 is 22.6 Å². The first-order valence-corrected chi connectivity index (χ1v) is 6.80. The number of hydrogen-bond acceptors (Lipinski definition) is 5. The molecule has 2 rings (SSSR count). The fourth-order valence-electron chi connectivity index (χ4n) is 2.16. The highest BCUT2D eigenvalue weighted by atomic mass is 16.5. The van der Waals surface area contributed by atoms with Crippen molar-refractivity contribution in [3.63, 3.8) is 0 Å². The Hall–Kier alpha value is -2.17. The smallest absolute Gasteiger partial charge is 0.325 e. The van der Waals surface area contributed by atoms with Gasteiger partial charge in [0.25, 0.3) is 0 Å². The Morgan fingerprint density at radius 1 is 1.20 bits per heavy atom. The zero-order valence-corrected chi connectivity index (χ0v) is 12.1. The average molecular weight is 273 g/mol. The van der Waals surface area contributed by atoms with Crippen LogP contribution >= 0.6 is 0 Å². The first kappa shape index (κ1) is 14.2. The second-order valence-corrected chi connectivity index (χ2v) is 4.47. The van der Waals surface area contributed by atoms with Crippen molar-refractivity contribution in [2.45, 2.75) is 20.8 Å². The average Bonchev–Trinajstić information content (AvgIpc) is 2.46. The maximum absolute atomic E-state index is 11.7. The van der Waals surface area contributed by atoms with Crippen LogP contribution in [0.3, 0.4) is 0 Å². The van der Waals surface area contributed by atoms with E-state index in [0.29, 0.717) is 13.2 Å². The zero-order valence-electron chi connectivity index (χ0n) is 12.1. The molecule has 0 saturated carbocycles. The van der Waals surface area contributed by atoms with Crippen LogP contribution in [0.4, 0.5) is 5.82 Å². The fourth-order valence-corrected chi connectivity index (χ4v) is 2.16. The van der Waals surface area contributed by atoms with Gasteiger partial charge in [-0.05, 0) is 20.8 Å². The number of rotatable bonds is 5. The number of benzene rings is 1. The van der Waals surface area contributed by atoms with E-state index in [1.165, 1.54) is 0 Å². The van der Waals surface area contributed by atoms with Crippen LogP contribution in [-0.2, 0) is 9.53 Å². The number of anilines is 1. The third-order valence-electron chi connectivity index (χ3n) is 3.16. The predicted octanol–water partition coefficient (Wildman–Crippen LogP) is 2.33. The number of ether oxygens (including phenoxy) is 1. The number of esters is 1. The minimum absolute atomic E-state index is 0.187. The quantitative estimate of drug-likeness (QED) is 0.783. The Bertz CT molecular complexity index is 613. The van der Waals surface area contributed by atoms with Gasteiger partial charge in [0, 0.05) is 17.3 Å². The second-order valence-electron chi connectivity index (χ2n) is 4.47. The van der Waals surface area contributed by atoms with Gasteiger partial charge in [-0.1, -0.05) is 24.3 Å². The summed E-state index contributed by atoms with van der Waals surface area (Å²) in [6.07, 6.45) is 0. The Kier molecular flexibility index (Phi) is 4.50. The molecule has 0 fully saturated rings. The molecular formula is C15H19N3O2. The molecule has 0 aliphatic carbocycles. The molecule has 1 heterocycles. The van der Waals surface area contributed by atoms with E-state index in [-0.39, 0.29) is 12.5 Å². The summed E-state index contributed by atoms with van der Waals surface area (Å²) in [6, 6.07) is 7.95. The van der Waals surface area contributed by atoms with E-state index in [1.54, 1.807) is 6.92 Å². The van der Waals surface area contributed by atoms with E-state index < -0.39 is 0 Å². The number of carbonyl (C=O) groups excluding carboxylic acids is 1. The molecule has 106 valence electrons. The van der Waals surface area contributed by atoms with Crippen molar-refractivity contribution in [1.82, 2.24) is 10.2 Å². The molecule has 0 aliphatic heterocycles. The Balaban J connectivity index is 2.40. The zero-order chi connectivity index (χ0) is 14.5. The van der Waals surface area contributed by atoms with Crippen LogP contribution in [-0.4, -0.2) is 35.9 Å². The van der Waals surface area contributed by atoms with Crippen LogP contribution in [0.2, 0.25) is 0 Å². The molecule has 1 aromatic carbocycles. The lowest BCUT2D eigenvalue weighted by molar-refractivity contribution is -0.141. The molecule has 1 aromatic heterocycles. The number of carbonyl (C=O) groups is 1. The largest absolute Gasteiger partial charge is 0.465 e. The summed E-state index contributed by atoms with van der Waals surface area (Å²) in [5.74, 6) is 0.475. The highest BCUT2D eigenvalue weighted by Crippen LogP contribution is 2.25. The monoisotopic (exact) mass is 273 g/mol. The van der Waals surface area contributed by atoms with E-state index in [2.05, 4.69) is 10.2 Å². The number of hydrogen-bond donors (Lipinski definition) is 0. The van der Waals surface area contributed by atoms with Gasteiger partial charge in [0.2, 0.25) is 0 Å². The van der Waals surface area contributed by atoms with Crippen LogP contribution in [0.15, 0.2) is 24.3 Å². The number of fused-ring (bicyclic) bond motifs is 1. The lowest BCUT2D eigenvalue weighted by atomic mass is 10.1. The van der Waals surface area contributed by atoms with E-state index >= 15 is 0 Å². The van der Waals surface area contributed by atoms with Crippen molar-refractivity contribution < 1.29 is 9.53 Å². The first-order valence-electron chi connectivity index (χ1n) is 6.80. The van der Waals surface area contributed by atoms with Crippen molar-refractivity contribution in [3.8, 4) is 0 Å². The molecule has 20 heavy (non-hydrogen) atoms. The van der Waals surface area contributed by atoms with Gasteiger partial charge in [-0.2, -0.15) is 5.10 Å². The van der Waals surface area contributed by atoms with Gasteiger partial charge in [-0.3, -0.25) is 4.79 Å². The maximum Gasteiger partial charge on any atom is 0.325 e. The molecule has 0 aliphatic rings. The number of aromatic nitrogens is 2. The van der Waals surface area contributed by atoms with Crippen molar-refractivity contribution in [2.75, 3.05) is 24.6 Å². The molecule has 5 heteroatoms. The third-order valence-corrected chi connectivity index (χ3v) is 3.16. The molecule has 0 spiro atoms. The van der Waals surface area contributed by atoms with Gasteiger partial charge >= 0.3 is 5.97 Å². The van der Waals surface area contributed by atoms with Crippen molar-refractivity contribution in [1.29, 1.82) is 0 Å². The summed E-state index contributed by atoms with van der Waals surface area (Å²) < 4.78 is 5.00. The van der Waals surface area contributed by atoms with Gasteiger partial charge in [-0.15, -0.1) is 5.10 Å². The summed E-state index contributed by atoms with van der Waals surface area (Å²) in [6.45, 7) is 6.95. The maximum atomic E-state index is 11.7. The van der Waals surface area contributed by atoms with Crippen molar-refractivity contribution in [2.24, 2.45) is 0 Å². The standard InChI is InChI=1S/C15H19N3O2/c1-4-18(10-14(19)20-5-2)15-13-9-7-6-8-12(13)11(3)16-17-15/h6-9H,4-5,10H2,1-3H3. The summed E-state index contributed by atoms with van der Waals surface area (Å²) in [5, 5.41) is 10.5. The molecule has 2 aromatic rings. The van der Waals surface area contributed by atoms with E-state index in [9.17, 15) is 4.79 Å². The Morgan fingerprint density at radius 3 is 2.55 bits per heavy atom. The lowest BCUT2D eigenvalue weighted by Gasteiger charge is -2.22. The lowest BCUT2D eigenvalue weighted by Crippen LogP contribution is -2.32. The number of aryl methyl sites for hydroxylation is 1. The molecule has 0 N–H and O–H groups in total. The highest BCUT2D eigenvalue weighted by molar-refractivity contribution is 5.94. The SMILES string of the molecule is CCOC(=O)CN(CC)c1nnc(C)c2ccccc12. The summed E-state index contributed by atoms with van der Waals surface area (Å²) in [4.78, 5) is 13.6. The molecule has 0 saturated heterocycles. The Morgan fingerprint density at radius 2 is 1.90 bits per heavy atom. The predicted molar refractivity (Wildman–Crippen MR) is 78.8 cm³/mol. The van der Waals surface area contributed by atoms with Gasteiger partial charge in [0.1, 0.15) is 6.54 Å². The van der Waals surface area contributed by atoms with Crippen LogP contribution in [0, 0.1) is 6.92 Å². The van der Waals surface area contributed by atoms with Gasteiger partial charge in [0.05, 0.1) is 12.3 Å². The first-order chi connectivity index (χ1) is 9.67. The van der Waals surface area contributed by atoms with Crippen molar-refractivity contribution in [3.05, 3.63) is 30.0 Å². The topological polar surface area (TPSA) is 55.3 Å². The molecule has 0 atom stereocenters. The van der Waals surface area contributed by atoms with E-state index in [4.69, 9.17) is 4.74 Å². The minimum Gasteiger partial charge on any atom is -0.465 e. The summed E-state index contributed by atoms with van der Waals surface area (Å²) >= 11 is 0. The van der Waals surface area contributed by atoms with Gasteiger partial charge < -0.3 is 9.64 Å². The molecular weight excluding hydrogens is 254 g/mol. The fraction of sp³-hybridized carbons (Fsp3) is 0.400. The second kappa shape index (κ2) is 6.32. The molecule has 0 amide bonds. The highest BCUT2D eigenvalue weighted by Gasteiger charge is 2.16.